The third-order valence-electron chi connectivity index (χ3n) is 5.15. The van der Waals surface area contributed by atoms with E-state index < -0.39 is 30.3 Å². The molecule has 29 heavy (non-hydrogen) atoms. The molecule has 0 spiro atoms. The number of ether oxygens (including phenoxy) is 2. The Bertz CT molecular complexity index is 685. The molecule has 1 amide bonds. The monoisotopic (exact) mass is 407 g/mol. The zero-order chi connectivity index (χ0) is 21.2. The van der Waals surface area contributed by atoms with Crippen molar-refractivity contribution >= 4 is 17.8 Å². The summed E-state index contributed by atoms with van der Waals surface area (Å²) < 4.78 is 23.5. The Balaban J connectivity index is 2.33. The largest absolute Gasteiger partial charge is 0.466 e. The normalized spacial score (nSPS) is 15.4. The maximum Gasteiger partial charge on any atom is 0.329 e. The van der Waals surface area contributed by atoms with E-state index >= 15 is 0 Å². The lowest BCUT2D eigenvalue weighted by Gasteiger charge is -2.37. The molecular weight excluding hydrogens is 377 g/mol. The van der Waals surface area contributed by atoms with Gasteiger partial charge >= 0.3 is 11.9 Å². The molecule has 1 saturated carbocycles. The van der Waals surface area contributed by atoms with Crippen molar-refractivity contribution in [2.45, 2.75) is 65.0 Å². The molecule has 2 rings (SSSR count). The van der Waals surface area contributed by atoms with Gasteiger partial charge in [0.1, 0.15) is 18.3 Å². The van der Waals surface area contributed by atoms with Gasteiger partial charge in [-0.05, 0) is 50.3 Å². The molecule has 0 aromatic heterocycles. The van der Waals surface area contributed by atoms with Crippen LogP contribution in [0.25, 0.3) is 0 Å². The Kier molecular flexibility index (Phi) is 9.09. The number of hydrogen-bond acceptors (Lipinski definition) is 5. The SMILES string of the molecule is CCOC(=O)CC(=O)N(Cc1ccc(F)cc1)C(C(=O)OCC)C1CCCCC1. The van der Waals surface area contributed by atoms with Crippen molar-refractivity contribution in [3.05, 3.63) is 35.6 Å². The lowest BCUT2D eigenvalue weighted by Crippen LogP contribution is -2.50. The smallest absolute Gasteiger partial charge is 0.329 e. The van der Waals surface area contributed by atoms with Gasteiger partial charge in [0.2, 0.25) is 5.91 Å². The summed E-state index contributed by atoms with van der Waals surface area (Å²) >= 11 is 0. The van der Waals surface area contributed by atoms with Gasteiger partial charge in [-0.15, -0.1) is 0 Å². The molecule has 1 atom stereocenters. The minimum absolute atomic E-state index is 0.0330. The topological polar surface area (TPSA) is 72.9 Å². The summed E-state index contributed by atoms with van der Waals surface area (Å²) in [6.07, 6.45) is 4.25. The van der Waals surface area contributed by atoms with Gasteiger partial charge in [-0.3, -0.25) is 9.59 Å². The van der Waals surface area contributed by atoms with Crippen LogP contribution in [0.15, 0.2) is 24.3 Å². The van der Waals surface area contributed by atoms with Crippen molar-refractivity contribution in [1.29, 1.82) is 0 Å². The number of esters is 2. The van der Waals surface area contributed by atoms with Gasteiger partial charge < -0.3 is 14.4 Å². The van der Waals surface area contributed by atoms with Crippen molar-refractivity contribution < 1.29 is 28.2 Å². The molecule has 0 bridgehead atoms. The lowest BCUT2D eigenvalue weighted by atomic mass is 9.83. The van der Waals surface area contributed by atoms with Gasteiger partial charge in [-0.25, -0.2) is 9.18 Å². The Labute approximate surface area is 171 Å². The van der Waals surface area contributed by atoms with Crippen LogP contribution in [0.2, 0.25) is 0 Å². The first-order valence-electron chi connectivity index (χ1n) is 10.3. The van der Waals surface area contributed by atoms with Gasteiger partial charge in [0.15, 0.2) is 0 Å². The molecule has 160 valence electrons. The summed E-state index contributed by atoms with van der Waals surface area (Å²) in [5, 5.41) is 0. The van der Waals surface area contributed by atoms with Crippen LogP contribution in [0.5, 0.6) is 0 Å². The molecule has 1 aromatic rings. The molecule has 1 aliphatic rings. The summed E-state index contributed by atoms with van der Waals surface area (Å²) in [7, 11) is 0. The van der Waals surface area contributed by atoms with Crippen molar-refractivity contribution in [1.82, 2.24) is 4.90 Å². The second kappa shape index (κ2) is 11.5. The van der Waals surface area contributed by atoms with Crippen molar-refractivity contribution in [2.24, 2.45) is 5.92 Å². The van der Waals surface area contributed by atoms with E-state index in [1.165, 1.54) is 17.0 Å². The minimum Gasteiger partial charge on any atom is -0.466 e. The number of amides is 1. The van der Waals surface area contributed by atoms with E-state index in [-0.39, 0.29) is 31.5 Å². The first-order chi connectivity index (χ1) is 14.0. The van der Waals surface area contributed by atoms with Crippen molar-refractivity contribution in [3.63, 3.8) is 0 Å². The number of rotatable bonds is 9. The van der Waals surface area contributed by atoms with E-state index in [0.717, 1.165) is 32.1 Å². The molecule has 0 saturated heterocycles. The van der Waals surface area contributed by atoms with Crippen LogP contribution in [0.4, 0.5) is 4.39 Å². The summed E-state index contributed by atoms with van der Waals surface area (Å²) in [5.74, 6) is -2.00. The Morgan fingerprint density at radius 2 is 1.66 bits per heavy atom. The van der Waals surface area contributed by atoms with Gasteiger partial charge in [0, 0.05) is 6.54 Å². The van der Waals surface area contributed by atoms with Gasteiger partial charge in [0.05, 0.1) is 13.2 Å². The zero-order valence-corrected chi connectivity index (χ0v) is 17.2. The summed E-state index contributed by atoms with van der Waals surface area (Å²) in [6.45, 7) is 3.87. The van der Waals surface area contributed by atoms with E-state index in [1.54, 1.807) is 26.0 Å². The van der Waals surface area contributed by atoms with Gasteiger partial charge in [-0.2, -0.15) is 0 Å². The van der Waals surface area contributed by atoms with Crippen LogP contribution in [-0.2, 0) is 30.4 Å². The Morgan fingerprint density at radius 1 is 1.03 bits per heavy atom. The predicted molar refractivity (Wildman–Crippen MR) is 105 cm³/mol. The lowest BCUT2D eigenvalue weighted by molar-refractivity contribution is -0.161. The van der Waals surface area contributed by atoms with Crippen molar-refractivity contribution in [3.8, 4) is 0 Å². The highest BCUT2D eigenvalue weighted by molar-refractivity contribution is 5.96. The van der Waals surface area contributed by atoms with Crippen LogP contribution in [0.1, 0.15) is 57.9 Å². The molecule has 0 N–H and O–H groups in total. The molecule has 1 aromatic carbocycles. The van der Waals surface area contributed by atoms with E-state index in [1.807, 2.05) is 0 Å². The molecule has 6 nitrogen and oxygen atoms in total. The van der Waals surface area contributed by atoms with E-state index in [0.29, 0.717) is 5.56 Å². The van der Waals surface area contributed by atoms with Gasteiger partial charge in [-0.1, -0.05) is 31.4 Å². The third-order valence-corrected chi connectivity index (χ3v) is 5.15. The summed E-state index contributed by atoms with van der Waals surface area (Å²) in [5.41, 5.74) is 0.675. The highest BCUT2D eigenvalue weighted by Gasteiger charge is 2.38. The van der Waals surface area contributed by atoms with Crippen LogP contribution >= 0.6 is 0 Å². The van der Waals surface area contributed by atoms with E-state index in [4.69, 9.17) is 9.47 Å². The number of hydrogen-bond donors (Lipinski definition) is 0. The first kappa shape index (κ1) is 22.8. The third kappa shape index (κ3) is 6.84. The second-order valence-corrected chi connectivity index (χ2v) is 7.22. The standard InChI is InChI=1S/C22H30FNO5/c1-3-28-20(26)14-19(25)24(15-16-10-12-18(23)13-11-16)21(22(27)29-4-2)17-8-6-5-7-9-17/h10-13,17,21H,3-9,14-15H2,1-2H3. The average molecular weight is 407 g/mol. The second-order valence-electron chi connectivity index (χ2n) is 7.22. The number of halogens is 1. The molecule has 1 fully saturated rings. The Hall–Kier alpha value is -2.44. The quantitative estimate of drug-likeness (QED) is 0.462. The molecule has 7 heteroatoms. The predicted octanol–water partition coefficient (Wildman–Crippen LogP) is 3.62. The van der Waals surface area contributed by atoms with E-state index in [9.17, 15) is 18.8 Å². The van der Waals surface area contributed by atoms with Crippen LogP contribution in [0.3, 0.4) is 0 Å². The average Bonchev–Trinajstić information content (AvgIpc) is 2.70. The minimum atomic E-state index is -0.776. The highest BCUT2D eigenvalue weighted by Crippen LogP contribution is 2.31. The number of carbonyl (C=O) groups excluding carboxylic acids is 3. The number of nitrogens with zero attached hydrogens (tertiary/aromatic N) is 1. The maximum absolute atomic E-state index is 13.3. The molecule has 1 aliphatic carbocycles. The van der Waals surface area contributed by atoms with Crippen LogP contribution in [0, 0.1) is 11.7 Å². The fourth-order valence-electron chi connectivity index (χ4n) is 3.82. The zero-order valence-electron chi connectivity index (χ0n) is 17.2. The summed E-state index contributed by atoms with van der Waals surface area (Å²) in [6, 6.07) is 4.99. The number of carbonyl (C=O) groups is 3. The Morgan fingerprint density at radius 3 is 2.24 bits per heavy atom. The van der Waals surface area contributed by atoms with Crippen LogP contribution < -0.4 is 0 Å². The van der Waals surface area contributed by atoms with Crippen LogP contribution in [-0.4, -0.2) is 42.0 Å². The molecular formula is C22H30FNO5. The molecule has 1 unspecified atom stereocenters. The fourth-order valence-corrected chi connectivity index (χ4v) is 3.82. The van der Waals surface area contributed by atoms with Gasteiger partial charge in [0.25, 0.3) is 0 Å². The fraction of sp³-hybridized carbons (Fsp3) is 0.591. The first-order valence-corrected chi connectivity index (χ1v) is 10.3. The maximum atomic E-state index is 13.3. The molecule has 0 radical (unpaired) electrons. The molecule has 0 aliphatic heterocycles. The highest BCUT2D eigenvalue weighted by atomic mass is 19.1. The number of benzene rings is 1. The van der Waals surface area contributed by atoms with E-state index in [2.05, 4.69) is 0 Å². The molecule has 0 heterocycles. The van der Waals surface area contributed by atoms with Crippen molar-refractivity contribution in [2.75, 3.05) is 13.2 Å². The summed E-state index contributed by atoms with van der Waals surface area (Å²) in [4.78, 5) is 39.2.